The van der Waals surface area contributed by atoms with Gasteiger partial charge in [0.25, 0.3) is 5.91 Å². The van der Waals surface area contributed by atoms with Crippen LogP contribution in [0, 0.1) is 0 Å². The summed E-state index contributed by atoms with van der Waals surface area (Å²) < 4.78 is -0.0145. The molecule has 2 heterocycles. The number of rotatable bonds is 4. The predicted octanol–water partition coefficient (Wildman–Crippen LogP) is 0.466. The lowest BCUT2D eigenvalue weighted by atomic mass is 10.2. The number of carbonyl (C=O) groups excluding carboxylic acids is 1. The molecule has 1 aromatic rings. The Balaban J connectivity index is 2.50. The minimum Gasteiger partial charge on any atom is -0.480 e. The number of carboxylic acids is 2. The van der Waals surface area contributed by atoms with Crippen molar-refractivity contribution in [2.45, 2.75) is 0 Å². The predicted molar refractivity (Wildman–Crippen MR) is 80.6 cm³/mol. The SMILES string of the molecule is Nc1nc(C(C(=O)O)=C2SC(=S)N(CC(=O)O)C2=O)cs1. The number of nitrogens with two attached hydrogens (primary N) is 1. The van der Waals surface area contributed by atoms with Crippen LogP contribution in [0.5, 0.6) is 0 Å². The Morgan fingerprint density at radius 3 is 2.57 bits per heavy atom. The van der Waals surface area contributed by atoms with Crippen LogP contribution in [0.25, 0.3) is 5.57 Å². The number of aromatic nitrogens is 1. The van der Waals surface area contributed by atoms with Crippen LogP contribution in [0.4, 0.5) is 5.13 Å². The van der Waals surface area contributed by atoms with E-state index >= 15 is 0 Å². The fourth-order valence-electron chi connectivity index (χ4n) is 1.55. The zero-order valence-corrected chi connectivity index (χ0v) is 12.5. The number of nitrogen functional groups attached to an aromatic ring is 1. The largest absolute Gasteiger partial charge is 0.480 e. The van der Waals surface area contributed by atoms with Gasteiger partial charge in [-0.1, -0.05) is 24.0 Å². The highest BCUT2D eigenvalue weighted by Gasteiger charge is 2.38. The number of carbonyl (C=O) groups is 3. The number of thiocarbonyl (C=S) groups is 1. The summed E-state index contributed by atoms with van der Waals surface area (Å²) in [7, 11) is 0. The molecule has 2 rings (SSSR count). The minimum atomic E-state index is -1.36. The highest BCUT2D eigenvalue weighted by atomic mass is 32.2. The first-order valence-electron chi connectivity index (χ1n) is 5.25. The van der Waals surface area contributed by atoms with Crippen LogP contribution < -0.4 is 5.73 Å². The topological polar surface area (TPSA) is 134 Å². The number of amides is 1. The molecule has 1 aliphatic heterocycles. The Kier molecular flexibility index (Phi) is 4.25. The van der Waals surface area contributed by atoms with Gasteiger partial charge in [0.15, 0.2) is 5.13 Å². The van der Waals surface area contributed by atoms with E-state index in [0.29, 0.717) is 0 Å². The second-order valence-electron chi connectivity index (χ2n) is 3.73. The smallest absolute Gasteiger partial charge is 0.339 e. The molecule has 0 unspecified atom stereocenters. The van der Waals surface area contributed by atoms with Crippen LogP contribution in [0.1, 0.15) is 5.69 Å². The molecule has 1 aromatic heterocycles. The first-order chi connectivity index (χ1) is 9.81. The highest BCUT2D eigenvalue weighted by molar-refractivity contribution is 8.26. The molecule has 21 heavy (non-hydrogen) atoms. The van der Waals surface area contributed by atoms with Crippen molar-refractivity contribution in [2.24, 2.45) is 0 Å². The number of aliphatic carboxylic acids is 2. The lowest BCUT2D eigenvalue weighted by Gasteiger charge is -2.10. The molecule has 110 valence electrons. The van der Waals surface area contributed by atoms with E-state index in [1.54, 1.807) is 0 Å². The Labute approximate surface area is 131 Å². The van der Waals surface area contributed by atoms with Crippen molar-refractivity contribution in [3.05, 3.63) is 16.0 Å². The third-order valence-corrected chi connectivity index (χ3v) is 4.48. The molecule has 4 N–H and O–H groups in total. The van der Waals surface area contributed by atoms with Gasteiger partial charge in [-0.25, -0.2) is 9.78 Å². The van der Waals surface area contributed by atoms with Crippen molar-refractivity contribution in [3.8, 4) is 0 Å². The van der Waals surface area contributed by atoms with Gasteiger partial charge in [-0.3, -0.25) is 14.5 Å². The molecule has 1 amide bonds. The van der Waals surface area contributed by atoms with Crippen LogP contribution in [0.15, 0.2) is 10.3 Å². The summed E-state index contributed by atoms with van der Waals surface area (Å²) in [5.74, 6) is -3.38. The van der Waals surface area contributed by atoms with Crippen LogP contribution >= 0.6 is 35.3 Å². The van der Waals surface area contributed by atoms with Gasteiger partial charge >= 0.3 is 11.9 Å². The molecule has 1 aliphatic rings. The summed E-state index contributed by atoms with van der Waals surface area (Å²) >= 11 is 6.67. The summed E-state index contributed by atoms with van der Waals surface area (Å²) in [6.45, 7) is -0.625. The number of hydrogen-bond donors (Lipinski definition) is 3. The molecule has 0 aliphatic carbocycles. The number of thioether (sulfide) groups is 1. The van der Waals surface area contributed by atoms with Gasteiger partial charge in [0, 0.05) is 5.38 Å². The van der Waals surface area contributed by atoms with E-state index in [2.05, 4.69) is 4.98 Å². The summed E-state index contributed by atoms with van der Waals surface area (Å²) in [5, 5.41) is 19.6. The van der Waals surface area contributed by atoms with Gasteiger partial charge in [0.2, 0.25) is 0 Å². The summed E-state index contributed by atoms with van der Waals surface area (Å²) in [6.07, 6.45) is 0. The average molecular weight is 345 g/mol. The van der Waals surface area contributed by atoms with Gasteiger partial charge in [-0.05, 0) is 0 Å². The number of carboxylic acid groups (broad SMARTS) is 2. The molecular weight excluding hydrogens is 338 g/mol. The molecule has 8 nitrogen and oxygen atoms in total. The quantitative estimate of drug-likeness (QED) is 0.525. The van der Waals surface area contributed by atoms with Crippen molar-refractivity contribution >= 4 is 68.2 Å². The number of nitrogens with zero attached hydrogens (tertiary/aromatic N) is 2. The minimum absolute atomic E-state index is 0.0145. The van der Waals surface area contributed by atoms with E-state index < -0.39 is 24.4 Å². The Morgan fingerprint density at radius 1 is 1.43 bits per heavy atom. The van der Waals surface area contributed by atoms with E-state index in [4.69, 9.17) is 23.1 Å². The molecular formula is C10H7N3O5S3. The van der Waals surface area contributed by atoms with E-state index in [0.717, 1.165) is 28.0 Å². The standard InChI is InChI=1S/C10H7N3O5S3/c11-9-12-3(2-20-9)5(8(17)18)6-7(16)13(1-4(14)15)10(19)21-6/h2H,1H2,(H2,11,12)(H,14,15)(H,17,18). The molecule has 0 saturated carbocycles. The van der Waals surface area contributed by atoms with Gasteiger partial charge in [-0.15, -0.1) is 11.3 Å². The molecule has 1 saturated heterocycles. The Bertz CT molecular complexity index is 696. The first kappa shape index (κ1) is 15.4. The monoisotopic (exact) mass is 345 g/mol. The molecule has 1 fully saturated rings. The number of anilines is 1. The second kappa shape index (κ2) is 5.79. The molecule has 0 radical (unpaired) electrons. The fourth-order valence-corrected chi connectivity index (χ4v) is 3.42. The normalized spacial score (nSPS) is 17.2. The van der Waals surface area contributed by atoms with E-state index in [-0.39, 0.29) is 25.6 Å². The van der Waals surface area contributed by atoms with Gasteiger partial charge in [0.1, 0.15) is 16.4 Å². The van der Waals surface area contributed by atoms with E-state index in [1.165, 1.54) is 5.38 Å². The van der Waals surface area contributed by atoms with Gasteiger partial charge in [0.05, 0.1) is 10.6 Å². The maximum absolute atomic E-state index is 12.2. The maximum Gasteiger partial charge on any atom is 0.339 e. The third-order valence-electron chi connectivity index (χ3n) is 2.36. The van der Waals surface area contributed by atoms with Crippen molar-refractivity contribution in [2.75, 3.05) is 12.3 Å². The molecule has 0 aromatic carbocycles. The number of hydrogen-bond acceptors (Lipinski definition) is 8. The van der Waals surface area contributed by atoms with Crippen molar-refractivity contribution < 1.29 is 24.6 Å². The Hall–Kier alpha value is -1.98. The van der Waals surface area contributed by atoms with Gasteiger partial charge < -0.3 is 15.9 Å². The lowest BCUT2D eigenvalue weighted by molar-refractivity contribution is -0.140. The maximum atomic E-state index is 12.2. The zero-order chi connectivity index (χ0) is 15.7. The molecule has 0 atom stereocenters. The lowest BCUT2D eigenvalue weighted by Crippen LogP contribution is -2.33. The van der Waals surface area contributed by atoms with Crippen molar-refractivity contribution in [1.82, 2.24) is 9.88 Å². The summed E-state index contributed by atoms with van der Waals surface area (Å²) in [5.41, 5.74) is 5.16. The van der Waals surface area contributed by atoms with Crippen LogP contribution in [-0.2, 0) is 14.4 Å². The Morgan fingerprint density at radius 2 is 2.10 bits per heavy atom. The second-order valence-corrected chi connectivity index (χ2v) is 6.27. The molecule has 0 spiro atoms. The zero-order valence-electron chi connectivity index (χ0n) is 10.1. The van der Waals surface area contributed by atoms with Crippen LogP contribution in [0.2, 0.25) is 0 Å². The molecule has 11 heteroatoms. The highest BCUT2D eigenvalue weighted by Crippen LogP contribution is 2.37. The van der Waals surface area contributed by atoms with Gasteiger partial charge in [-0.2, -0.15) is 0 Å². The van der Waals surface area contributed by atoms with E-state index in [1.807, 2.05) is 0 Å². The summed E-state index contributed by atoms with van der Waals surface area (Å²) in [4.78, 5) is 38.8. The first-order valence-corrected chi connectivity index (χ1v) is 7.36. The molecule has 0 bridgehead atoms. The summed E-state index contributed by atoms with van der Waals surface area (Å²) in [6, 6.07) is 0. The average Bonchev–Trinajstić information content (AvgIpc) is 2.89. The fraction of sp³-hybridized carbons (Fsp3) is 0.100. The van der Waals surface area contributed by atoms with Crippen LogP contribution in [0.3, 0.4) is 0 Å². The third kappa shape index (κ3) is 3.04. The number of thiazole rings is 1. The van der Waals surface area contributed by atoms with Crippen LogP contribution in [-0.4, -0.2) is 48.8 Å². The van der Waals surface area contributed by atoms with Crippen molar-refractivity contribution in [1.29, 1.82) is 0 Å². The van der Waals surface area contributed by atoms with E-state index in [9.17, 15) is 19.5 Å². The van der Waals surface area contributed by atoms with Crippen molar-refractivity contribution in [3.63, 3.8) is 0 Å².